The fraction of sp³-hybridized carbons (Fsp3) is 0.476. The van der Waals surface area contributed by atoms with Crippen LogP contribution >= 0.6 is 15.9 Å². The second-order valence-electron chi connectivity index (χ2n) is 7.38. The van der Waals surface area contributed by atoms with E-state index in [0.29, 0.717) is 19.0 Å². The van der Waals surface area contributed by atoms with Crippen molar-refractivity contribution in [3.63, 3.8) is 0 Å². The minimum absolute atomic E-state index is 0.0765. The van der Waals surface area contributed by atoms with Gasteiger partial charge in [-0.1, -0.05) is 29.8 Å². The standard InChI is InChI=1S/C21H26BrN3O3/c1-12(2)19-14(4)23-18(11-28-15(5)26)24-21(19)25-6-7-27-20-13(3)8-17(22)9-16(20)10-25/h8-9,12H,6-7,10-11H2,1-5H3. The average Bonchev–Trinajstić information content (AvgIpc) is 2.81. The number of carbonyl (C=O) groups is 1. The largest absolute Gasteiger partial charge is 0.491 e. The van der Waals surface area contributed by atoms with Crippen LogP contribution in [0.2, 0.25) is 0 Å². The van der Waals surface area contributed by atoms with E-state index in [-0.39, 0.29) is 18.5 Å². The molecule has 0 saturated heterocycles. The predicted molar refractivity (Wildman–Crippen MR) is 112 cm³/mol. The Morgan fingerprint density at radius 1 is 1.32 bits per heavy atom. The lowest BCUT2D eigenvalue weighted by Gasteiger charge is -2.26. The second kappa shape index (κ2) is 8.47. The van der Waals surface area contributed by atoms with Gasteiger partial charge in [0.15, 0.2) is 12.4 Å². The summed E-state index contributed by atoms with van der Waals surface area (Å²) in [6.45, 7) is 11.8. The van der Waals surface area contributed by atoms with E-state index in [0.717, 1.165) is 45.0 Å². The zero-order valence-corrected chi connectivity index (χ0v) is 18.6. The number of ether oxygens (including phenoxy) is 2. The molecule has 2 aromatic rings. The zero-order valence-electron chi connectivity index (χ0n) is 17.0. The molecule has 1 aliphatic rings. The van der Waals surface area contributed by atoms with Gasteiger partial charge in [-0.3, -0.25) is 4.79 Å². The number of hydrogen-bond acceptors (Lipinski definition) is 6. The van der Waals surface area contributed by atoms with Crippen LogP contribution in [0.3, 0.4) is 0 Å². The van der Waals surface area contributed by atoms with Crippen molar-refractivity contribution < 1.29 is 14.3 Å². The molecule has 2 heterocycles. The van der Waals surface area contributed by atoms with Crippen molar-refractivity contribution in [2.75, 3.05) is 18.1 Å². The first-order valence-electron chi connectivity index (χ1n) is 9.43. The van der Waals surface area contributed by atoms with Gasteiger partial charge < -0.3 is 14.4 Å². The van der Waals surface area contributed by atoms with Crippen LogP contribution in [0.25, 0.3) is 0 Å². The number of aryl methyl sites for hydroxylation is 2. The molecule has 1 aromatic carbocycles. The maximum atomic E-state index is 11.2. The minimum Gasteiger partial charge on any atom is -0.491 e. The second-order valence-corrected chi connectivity index (χ2v) is 8.29. The number of aromatic nitrogens is 2. The summed E-state index contributed by atoms with van der Waals surface area (Å²) in [7, 11) is 0. The molecule has 1 aromatic heterocycles. The fourth-order valence-electron chi connectivity index (χ4n) is 3.62. The zero-order chi connectivity index (χ0) is 20.4. The van der Waals surface area contributed by atoms with Gasteiger partial charge in [0.05, 0.1) is 6.54 Å². The van der Waals surface area contributed by atoms with Gasteiger partial charge in [0.1, 0.15) is 18.2 Å². The van der Waals surface area contributed by atoms with E-state index in [1.54, 1.807) is 0 Å². The molecule has 3 rings (SSSR count). The third kappa shape index (κ3) is 4.46. The highest BCUT2D eigenvalue weighted by Gasteiger charge is 2.24. The molecule has 28 heavy (non-hydrogen) atoms. The van der Waals surface area contributed by atoms with Crippen molar-refractivity contribution in [1.29, 1.82) is 0 Å². The number of anilines is 1. The van der Waals surface area contributed by atoms with Crippen LogP contribution in [-0.4, -0.2) is 29.1 Å². The Bertz CT molecular complexity index is 899. The molecule has 0 unspecified atom stereocenters. The van der Waals surface area contributed by atoms with Crippen molar-refractivity contribution >= 4 is 27.7 Å². The molecule has 6 nitrogen and oxygen atoms in total. The number of nitrogens with zero attached hydrogens (tertiary/aromatic N) is 3. The SMILES string of the molecule is CC(=O)OCc1nc(C)c(C(C)C)c(N2CCOc3c(C)cc(Br)cc3C2)n1. The van der Waals surface area contributed by atoms with Gasteiger partial charge in [-0.15, -0.1) is 0 Å². The van der Waals surface area contributed by atoms with Gasteiger partial charge in [-0.2, -0.15) is 0 Å². The number of halogens is 1. The monoisotopic (exact) mass is 447 g/mol. The highest BCUT2D eigenvalue weighted by atomic mass is 79.9. The first kappa shape index (κ1) is 20.6. The molecule has 0 bridgehead atoms. The molecule has 0 radical (unpaired) electrons. The molecule has 0 N–H and O–H groups in total. The summed E-state index contributed by atoms with van der Waals surface area (Å²) in [5.74, 6) is 2.28. The third-order valence-corrected chi connectivity index (χ3v) is 5.19. The van der Waals surface area contributed by atoms with E-state index in [1.807, 2.05) is 6.92 Å². The number of hydrogen-bond donors (Lipinski definition) is 0. The molecule has 0 amide bonds. The predicted octanol–water partition coefficient (Wildman–Crippen LogP) is 4.44. The summed E-state index contributed by atoms with van der Waals surface area (Å²) >= 11 is 3.59. The van der Waals surface area contributed by atoms with Crippen LogP contribution in [0.15, 0.2) is 16.6 Å². The summed E-state index contributed by atoms with van der Waals surface area (Å²) in [6.07, 6.45) is 0. The maximum Gasteiger partial charge on any atom is 0.303 e. The average molecular weight is 448 g/mol. The Labute approximate surface area is 174 Å². The lowest BCUT2D eigenvalue weighted by atomic mass is 10.0. The summed E-state index contributed by atoms with van der Waals surface area (Å²) in [6, 6.07) is 4.17. The fourth-order valence-corrected chi connectivity index (χ4v) is 4.24. The van der Waals surface area contributed by atoms with E-state index in [4.69, 9.17) is 14.5 Å². The van der Waals surface area contributed by atoms with Crippen molar-refractivity contribution in [1.82, 2.24) is 9.97 Å². The number of esters is 1. The van der Waals surface area contributed by atoms with Gasteiger partial charge in [0.25, 0.3) is 0 Å². The van der Waals surface area contributed by atoms with E-state index < -0.39 is 0 Å². The molecule has 7 heteroatoms. The molecule has 1 aliphatic heterocycles. The van der Waals surface area contributed by atoms with Gasteiger partial charge in [0.2, 0.25) is 0 Å². The van der Waals surface area contributed by atoms with Crippen molar-refractivity contribution in [2.24, 2.45) is 0 Å². The Morgan fingerprint density at radius 2 is 2.07 bits per heavy atom. The van der Waals surface area contributed by atoms with Crippen LogP contribution in [0, 0.1) is 13.8 Å². The molecule has 0 atom stereocenters. The third-order valence-electron chi connectivity index (χ3n) is 4.73. The van der Waals surface area contributed by atoms with E-state index in [1.165, 1.54) is 6.92 Å². The Morgan fingerprint density at radius 3 is 2.75 bits per heavy atom. The molecular formula is C21H26BrN3O3. The molecular weight excluding hydrogens is 422 g/mol. The molecule has 0 fully saturated rings. The van der Waals surface area contributed by atoms with E-state index >= 15 is 0 Å². The number of rotatable bonds is 4. The summed E-state index contributed by atoms with van der Waals surface area (Å²) in [5.41, 5.74) is 4.27. The smallest absolute Gasteiger partial charge is 0.303 e. The van der Waals surface area contributed by atoms with Crippen molar-refractivity contribution in [3.05, 3.63) is 44.8 Å². The first-order valence-corrected chi connectivity index (χ1v) is 10.2. The molecule has 0 aliphatic carbocycles. The Kier molecular flexibility index (Phi) is 6.23. The molecule has 0 saturated carbocycles. The van der Waals surface area contributed by atoms with Gasteiger partial charge >= 0.3 is 5.97 Å². The van der Waals surface area contributed by atoms with Crippen molar-refractivity contribution in [2.45, 2.75) is 53.7 Å². The van der Waals surface area contributed by atoms with Gasteiger partial charge in [-0.25, -0.2) is 9.97 Å². The minimum atomic E-state index is -0.340. The highest BCUT2D eigenvalue weighted by molar-refractivity contribution is 9.10. The van der Waals surface area contributed by atoms with Gasteiger partial charge in [-0.05, 0) is 37.5 Å². The van der Waals surface area contributed by atoms with Crippen LogP contribution in [0.5, 0.6) is 5.75 Å². The number of carbonyl (C=O) groups excluding carboxylic acids is 1. The maximum absolute atomic E-state index is 11.2. The summed E-state index contributed by atoms with van der Waals surface area (Å²) in [4.78, 5) is 22.8. The first-order chi connectivity index (χ1) is 13.3. The summed E-state index contributed by atoms with van der Waals surface area (Å²) in [5, 5.41) is 0. The lowest BCUT2D eigenvalue weighted by Crippen LogP contribution is -2.28. The topological polar surface area (TPSA) is 64.5 Å². The molecule has 0 spiro atoms. The van der Waals surface area contributed by atoms with Gasteiger partial charge in [0, 0.05) is 34.8 Å². The van der Waals surface area contributed by atoms with Crippen LogP contribution < -0.4 is 9.64 Å². The highest BCUT2D eigenvalue weighted by Crippen LogP contribution is 2.35. The van der Waals surface area contributed by atoms with Crippen LogP contribution in [-0.2, 0) is 22.7 Å². The number of benzene rings is 1. The normalized spacial score (nSPS) is 13.8. The lowest BCUT2D eigenvalue weighted by molar-refractivity contribution is -0.142. The van der Waals surface area contributed by atoms with E-state index in [9.17, 15) is 4.79 Å². The van der Waals surface area contributed by atoms with Crippen molar-refractivity contribution in [3.8, 4) is 5.75 Å². The van der Waals surface area contributed by atoms with Crippen LogP contribution in [0.1, 0.15) is 54.9 Å². The number of fused-ring (bicyclic) bond motifs is 1. The molecule has 150 valence electrons. The van der Waals surface area contributed by atoms with Crippen LogP contribution in [0.4, 0.5) is 5.82 Å². The van der Waals surface area contributed by atoms with E-state index in [2.05, 4.69) is 58.7 Å². The Balaban J connectivity index is 2.03. The Hall–Kier alpha value is -2.15. The summed E-state index contributed by atoms with van der Waals surface area (Å²) < 4.78 is 12.2. The quantitative estimate of drug-likeness (QED) is 0.645.